The Kier molecular flexibility index (Phi) is 6.54. The molecule has 8 heteroatoms. The molecule has 1 saturated carbocycles. The first-order valence-electron chi connectivity index (χ1n) is 8.81. The maximum absolute atomic E-state index is 12.4. The molecule has 1 fully saturated rings. The van der Waals surface area contributed by atoms with Gasteiger partial charge in [-0.2, -0.15) is 0 Å². The van der Waals surface area contributed by atoms with Crippen molar-refractivity contribution < 1.29 is 19.2 Å². The molecule has 1 aromatic rings. The molecule has 0 saturated heterocycles. The lowest BCUT2D eigenvalue weighted by atomic mass is 9.86. The van der Waals surface area contributed by atoms with Crippen LogP contribution in [0.3, 0.4) is 0 Å². The van der Waals surface area contributed by atoms with Crippen molar-refractivity contribution in [2.75, 3.05) is 12.4 Å². The largest absolute Gasteiger partial charge is 0.449 e. The second-order valence-electron chi connectivity index (χ2n) is 6.66. The fraction of sp³-hybridized carbons (Fsp3) is 0.556. The molecule has 0 heterocycles. The van der Waals surface area contributed by atoms with Crippen LogP contribution < -0.4 is 10.6 Å². The van der Waals surface area contributed by atoms with E-state index < -0.39 is 17.0 Å². The topological polar surface area (TPSA) is 111 Å². The van der Waals surface area contributed by atoms with Crippen LogP contribution in [0.15, 0.2) is 18.2 Å². The zero-order valence-electron chi connectivity index (χ0n) is 15.3. The molecular formula is C18H25N3O5. The fourth-order valence-corrected chi connectivity index (χ4v) is 3.14. The summed E-state index contributed by atoms with van der Waals surface area (Å²) in [4.78, 5) is 35.1. The molecule has 1 aliphatic carbocycles. The number of nitro groups is 1. The second kappa shape index (κ2) is 8.64. The summed E-state index contributed by atoms with van der Waals surface area (Å²) in [6.45, 7) is 3.60. The van der Waals surface area contributed by atoms with Gasteiger partial charge in [-0.1, -0.05) is 19.8 Å². The average molecular weight is 363 g/mol. The Morgan fingerprint density at radius 3 is 2.62 bits per heavy atom. The molecule has 1 aliphatic rings. The monoisotopic (exact) mass is 363 g/mol. The SMILES string of the molecule is CNc1ccc([N+](=O)[O-])cc1C(=O)O[C@H](C)C(=O)N[C@H]1CCCC[C@@H]1C. The number of esters is 1. The normalized spacial score (nSPS) is 20.7. The van der Waals surface area contributed by atoms with Gasteiger partial charge < -0.3 is 15.4 Å². The third-order valence-corrected chi connectivity index (χ3v) is 4.80. The van der Waals surface area contributed by atoms with E-state index in [9.17, 15) is 19.7 Å². The van der Waals surface area contributed by atoms with Crippen molar-refractivity contribution in [3.63, 3.8) is 0 Å². The summed E-state index contributed by atoms with van der Waals surface area (Å²) in [6, 6.07) is 3.96. The molecule has 142 valence electrons. The Labute approximate surface area is 152 Å². The molecule has 2 rings (SSSR count). The lowest BCUT2D eigenvalue weighted by Crippen LogP contribution is -2.46. The van der Waals surface area contributed by atoms with Gasteiger partial charge in [0.15, 0.2) is 6.10 Å². The fourth-order valence-electron chi connectivity index (χ4n) is 3.14. The molecule has 26 heavy (non-hydrogen) atoms. The first kappa shape index (κ1) is 19.7. The predicted octanol–water partition coefficient (Wildman–Crippen LogP) is 2.88. The molecule has 0 spiro atoms. The molecule has 1 amide bonds. The highest BCUT2D eigenvalue weighted by Crippen LogP contribution is 2.25. The van der Waals surface area contributed by atoms with E-state index in [0.717, 1.165) is 31.7 Å². The molecule has 0 unspecified atom stereocenters. The lowest BCUT2D eigenvalue weighted by molar-refractivity contribution is -0.384. The van der Waals surface area contributed by atoms with Crippen molar-refractivity contribution in [1.82, 2.24) is 5.32 Å². The standard InChI is InChI=1S/C18H25N3O5/c1-11-6-4-5-7-15(11)20-17(22)12(2)26-18(23)14-10-13(21(24)25)8-9-16(14)19-3/h8-12,15,19H,4-7H2,1-3H3,(H,20,22)/t11-,12+,15-/m0/s1. The van der Waals surface area contributed by atoms with E-state index in [1.54, 1.807) is 7.05 Å². The van der Waals surface area contributed by atoms with Crippen molar-refractivity contribution >= 4 is 23.3 Å². The summed E-state index contributed by atoms with van der Waals surface area (Å²) in [6.07, 6.45) is 3.24. The van der Waals surface area contributed by atoms with Crippen LogP contribution in [0.2, 0.25) is 0 Å². The maximum atomic E-state index is 12.4. The van der Waals surface area contributed by atoms with Gasteiger partial charge in [0.2, 0.25) is 0 Å². The Hall–Kier alpha value is -2.64. The highest BCUT2D eigenvalue weighted by Gasteiger charge is 2.27. The molecule has 0 radical (unpaired) electrons. The number of nitro benzene ring substituents is 1. The summed E-state index contributed by atoms with van der Waals surface area (Å²) in [7, 11) is 1.60. The van der Waals surface area contributed by atoms with Gasteiger partial charge in [0, 0.05) is 30.9 Å². The van der Waals surface area contributed by atoms with E-state index in [1.807, 2.05) is 0 Å². The summed E-state index contributed by atoms with van der Waals surface area (Å²) in [5.41, 5.74) is 0.200. The lowest BCUT2D eigenvalue weighted by Gasteiger charge is -2.30. The zero-order chi connectivity index (χ0) is 19.3. The Morgan fingerprint density at radius 2 is 2.00 bits per heavy atom. The number of hydrogen-bond acceptors (Lipinski definition) is 6. The molecule has 8 nitrogen and oxygen atoms in total. The number of anilines is 1. The van der Waals surface area contributed by atoms with Crippen LogP contribution in [-0.4, -0.2) is 36.0 Å². The highest BCUT2D eigenvalue weighted by molar-refractivity contribution is 5.98. The Bertz CT molecular complexity index is 691. The van der Waals surface area contributed by atoms with Crippen molar-refractivity contribution in [2.45, 2.75) is 51.7 Å². The number of rotatable bonds is 6. The minimum Gasteiger partial charge on any atom is -0.449 e. The number of benzene rings is 1. The first-order chi connectivity index (χ1) is 12.3. The van der Waals surface area contributed by atoms with E-state index in [0.29, 0.717) is 11.6 Å². The predicted molar refractivity (Wildman–Crippen MR) is 97.1 cm³/mol. The highest BCUT2D eigenvalue weighted by atomic mass is 16.6. The van der Waals surface area contributed by atoms with Gasteiger partial charge in [0.05, 0.1) is 10.5 Å². The van der Waals surface area contributed by atoms with Gasteiger partial charge in [-0.3, -0.25) is 14.9 Å². The van der Waals surface area contributed by atoms with Crippen LogP contribution >= 0.6 is 0 Å². The van der Waals surface area contributed by atoms with Crippen molar-refractivity contribution in [1.29, 1.82) is 0 Å². The number of amides is 1. The van der Waals surface area contributed by atoms with Crippen LogP contribution in [0, 0.1) is 16.0 Å². The Morgan fingerprint density at radius 1 is 1.31 bits per heavy atom. The number of nitrogens with zero attached hydrogens (tertiary/aromatic N) is 1. The first-order valence-corrected chi connectivity index (χ1v) is 8.81. The van der Waals surface area contributed by atoms with Gasteiger partial charge in [-0.15, -0.1) is 0 Å². The molecule has 1 aromatic carbocycles. The summed E-state index contributed by atoms with van der Waals surface area (Å²) < 4.78 is 5.24. The third kappa shape index (κ3) is 4.71. The zero-order valence-corrected chi connectivity index (χ0v) is 15.3. The van der Waals surface area contributed by atoms with Crippen molar-refractivity contribution in [3.8, 4) is 0 Å². The molecule has 0 aliphatic heterocycles. The smallest absolute Gasteiger partial charge is 0.341 e. The second-order valence-corrected chi connectivity index (χ2v) is 6.66. The number of carbonyl (C=O) groups excluding carboxylic acids is 2. The van der Waals surface area contributed by atoms with E-state index in [4.69, 9.17) is 4.74 Å². The van der Waals surface area contributed by atoms with Gasteiger partial charge in [-0.25, -0.2) is 4.79 Å². The molecule has 0 bridgehead atoms. The van der Waals surface area contributed by atoms with Crippen LogP contribution in [0.1, 0.15) is 49.9 Å². The van der Waals surface area contributed by atoms with Crippen LogP contribution in [-0.2, 0) is 9.53 Å². The van der Waals surface area contributed by atoms with Gasteiger partial charge in [0.1, 0.15) is 0 Å². The minimum absolute atomic E-state index is 0.0207. The van der Waals surface area contributed by atoms with E-state index in [2.05, 4.69) is 17.6 Å². The third-order valence-electron chi connectivity index (χ3n) is 4.80. The summed E-state index contributed by atoms with van der Waals surface area (Å²) in [5, 5.41) is 16.7. The van der Waals surface area contributed by atoms with Crippen LogP contribution in [0.4, 0.5) is 11.4 Å². The maximum Gasteiger partial charge on any atom is 0.341 e. The average Bonchev–Trinajstić information content (AvgIpc) is 2.62. The number of non-ortho nitro benzene ring substituents is 1. The quantitative estimate of drug-likeness (QED) is 0.457. The van der Waals surface area contributed by atoms with E-state index >= 15 is 0 Å². The number of carbonyl (C=O) groups is 2. The number of ether oxygens (including phenoxy) is 1. The minimum atomic E-state index is -0.986. The van der Waals surface area contributed by atoms with Gasteiger partial charge >= 0.3 is 5.97 Å². The Balaban J connectivity index is 2.05. The number of nitrogens with one attached hydrogen (secondary N) is 2. The van der Waals surface area contributed by atoms with E-state index in [-0.39, 0.29) is 23.2 Å². The van der Waals surface area contributed by atoms with Gasteiger partial charge in [0.25, 0.3) is 11.6 Å². The van der Waals surface area contributed by atoms with Crippen LogP contribution in [0.5, 0.6) is 0 Å². The summed E-state index contributed by atoms with van der Waals surface area (Å²) >= 11 is 0. The van der Waals surface area contributed by atoms with Crippen LogP contribution in [0.25, 0.3) is 0 Å². The molecule has 0 aromatic heterocycles. The van der Waals surface area contributed by atoms with Gasteiger partial charge in [-0.05, 0) is 31.7 Å². The molecule has 2 N–H and O–H groups in total. The summed E-state index contributed by atoms with van der Waals surface area (Å²) in [5.74, 6) is -0.741. The molecular weight excluding hydrogens is 338 g/mol. The van der Waals surface area contributed by atoms with E-state index in [1.165, 1.54) is 19.1 Å². The van der Waals surface area contributed by atoms with Crippen molar-refractivity contribution in [3.05, 3.63) is 33.9 Å². The molecule has 3 atom stereocenters. The van der Waals surface area contributed by atoms with Crippen molar-refractivity contribution in [2.24, 2.45) is 5.92 Å². The number of hydrogen-bond donors (Lipinski definition) is 2.